The monoisotopic (exact) mass is 276 g/mol. The van der Waals surface area contributed by atoms with E-state index in [1.807, 2.05) is 30.3 Å². The third-order valence-electron chi connectivity index (χ3n) is 2.83. The summed E-state index contributed by atoms with van der Waals surface area (Å²) in [4.78, 5) is 17.7. The van der Waals surface area contributed by atoms with E-state index in [4.69, 9.17) is 5.11 Å². The molecule has 4 nitrogen and oxygen atoms in total. The van der Waals surface area contributed by atoms with Crippen LogP contribution in [0.25, 0.3) is 10.8 Å². The first-order valence-corrected chi connectivity index (χ1v) is 7.02. The summed E-state index contributed by atoms with van der Waals surface area (Å²) in [5.41, 5.74) is 0. The molecule has 0 radical (unpaired) electrons. The van der Waals surface area contributed by atoms with E-state index in [2.05, 4.69) is 4.98 Å². The zero-order chi connectivity index (χ0) is 13.7. The molecule has 0 aliphatic heterocycles. The number of fused-ring (bicyclic) bond motifs is 1. The van der Waals surface area contributed by atoms with Crippen LogP contribution in [0.4, 0.5) is 0 Å². The number of nitrogens with zero attached hydrogens (tertiary/aromatic N) is 2. The number of carbonyl (C=O) groups excluding carboxylic acids is 1. The van der Waals surface area contributed by atoms with Crippen LogP contribution < -0.4 is 0 Å². The van der Waals surface area contributed by atoms with Gasteiger partial charge < -0.3 is 10.0 Å². The fourth-order valence-electron chi connectivity index (χ4n) is 1.72. The summed E-state index contributed by atoms with van der Waals surface area (Å²) in [6.45, 7) is 0.349. The van der Waals surface area contributed by atoms with Crippen LogP contribution >= 0.6 is 11.8 Å². The normalized spacial score (nSPS) is 10.6. The lowest BCUT2D eigenvalue weighted by Crippen LogP contribution is -2.30. The van der Waals surface area contributed by atoms with Gasteiger partial charge in [-0.25, -0.2) is 4.98 Å². The van der Waals surface area contributed by atoms with Crippen LogP contribution in [0.1, 0.15) is 0 Å². The van der Waals surface area contributed by atoms with Gasteiger partial charge in [0.15, 0.2) is 0 Å². The number of thioether (sulfide) groups is 1. The van der Waals surface area contributed by atoms with Gasteiger partial charge in [-0.3, -0.25) is 4.79 Å². The molecule has 0 aliphatic rings. The van der Waals surface area contributed by atoms with Gasteiger partial charge in [0.25, 0.3) is 0 Å². The maximum atomic E-state index is 11.8. The third kappa shape index (κ3) is 3.45. The molecular formula is C14H16N2O2S. The number of benzene rings is 1. The number of pyridine rings is 1. The van der Waals surface area contributed by atoms with Gasteiger partial charge in [0.05, 0.1) is 12.4 Å². The molecule has 1 N–H and O–H groups in total. The van der Waals surface area contributed by atoms with Crippen LogP contribution in [-0.2, 0) is 4.79 Å². The molecular weight excluding hydrogens is 260 g/mol. The van der Waals surface area contributed by atoms with Crippen molar-refractivity contribution in [3.8, 4) is 0 Å². The SMILES string of the molecule is CN(CCO)C(=O)CSc1nccc2ccccc12. The van der Waals surface area contributed by atoms with Crippen molar-refractivity contribution in [1.82, 2.24) is 9.88 Å². The van der Waals surface area contributed by atoms with Crippen molar-refractivity contribution in [2.45, 2.75) is 5.03 Å². The van der Waals surface area contributed by atoms with Crippen molar-refractivity contribution in [2.75, 3.05) is 26.0 Å². The number of hydrogen-bond acceptors (Lipinski definition) is 4. The summed E-state index contributed by atoms with van der Waals surface area (Å²) in [6, 6.07) is 9.94. The van der Waals surface area contributed by atoms with Crippen molar-refractivity contribution in [1.29, 1.82) is 0 Å². The van der Waals surface area contributed by atoms with E-state index < -0.39 is 0 Å². The molecule has 2 aromatic rings. The van der Waals surface area contributed by atoms with E-state index in [1.165, 1.54) is 16.7 Å². The van der Waals surface area contributed by atoms with Gasteiger partial charge in [0.1, 0.15) is 5.03 Å². The first-order valence-electron chi connectivity index (χ1n) is 6.03. The standard InChI is InChI=1S/C14H16N2O2S/c1-16(8-9-17)13(18)10-19-14-12-5-3-2-4-11(12)6-7-15-14/h2-7,17H,8-10H2,1H3. The Bertz CT molecular complexity index is 569. The number of aromatic nitrogens is 1. The average Bonchev–Trinajstić information content (AvgIpc) is 2.45. The van der Waals surface area contributed by atoms with Crippen molar-refractivity contribution < 1.29 is 9.90 Å². The maximum absolute atomic E-state index is 11.8. The van der Waals surface area contributed by atoms with Crippen LogP contribution in [0.3, 0.4) is 0 Å². The molecule has 0 bridgehead atoms. The Labute approximate surface area is 116 Å². The van der Waals surface area contributed by atoms with Gasteiger partial charge >= 0.3 is 0 Å². The summed E-state index contributed by atoms with van der Waals surface area (Å²) < 4.78 is 0. The number of carbonyl (C=O) groups is 1. The molecule has 0 fully saturated rings. The summed E-state index contributed by atoms with van der Waals surface area (Å²) in [7, 11) is 1.69. The highest BCUT2D eigenvalue weighted by Crippen LogP contribution is 2.25. The Kier molecular flexibility index (Phi) is 4.76. The maximum Gasteiger partial charge on any atom is 0.232 e. The number of rotatable bonds is 5. The molecule has 1 aromatic carbocycles. The van der Waals surface area contributed by atoms with Crippen LogP contribution in [0.5, 0.6) is 0 Å². The molecule has 19 heavy (non-hydrogen) atoms. The zero-order valence-corrected chi connectivity index (χ0v) is 11.6. The van der Waals surface area contributed by atoms with E-state index in [0.29, 0.717) is 12.3 Å². The molecule has 1 aromatic heterocycles. The van der Waals surface area contributed by atoms with Gasteiger partial charge in [0.2, 0.25) is 5.91 Å². The van der Waals surface area contributed by atoms with Crippen LogP contribution in [0, 0.1) is 0 Å². The molecule has 1 amide bonds. The van der Waals surface area contributed by atoms with Gasteiger partial charge in [0, 0.05) is 25.2 Å². The minimum absolute atomic E-state index is 0.00576. The van der Waals surface area contributed by atoms with Crippen LogP contribution in [0.2, 0.25) is 0 Å². The van der Waals surface area contributed by atoms with E-state index in [-0.39, 0.29) is 12.5 Å². The fourth-order valence-corrected chi connectivity index (χ4v) is 2.68. The third-order valence-corrected chi connectivity index (χ3v) is 3.82. The first-order chi connectivity index (χ1) is 9.22. The molecule has 0 atom stereocenters. The second kappa shape index (κ2) is 6.54. The Morgan fingerprint density at radius 2 is 2.16 bits per heavy atom. The Hall–Kier alpha value is -1.59. The highest BCUT2D eigenvalue weighted by Gasteiger charge is 2.10. The molecule has 0 saturated heterocycles. The van der Waals surface area contributed by atoms with Gasteiger partial charge in [-0.2, -0.15) is 0 Å². The second-order valence-corrected chi connectivity index (χ2v) is 5.13. The van der Waals surface area contributed by atoms with Gasteiger partial charge in [-0.1, -0.05) is 36.0 Å². The number of likely N-dealkylation sites (N-methyl/N-ethyl adjacent to an activating group) is 1. The minimum Gasteiger partial charge on any atom is -0.395 e. The predicted molar refractivity (Wildman–Crippen MR) is 77.2 cm³/mol. The first kappa shape index (κ1) is 13.8. The smallest absolute Gasteiger partial charge is 0.232 e. The summed E-state index contributed by atoms with van der Waals surface area (Å²) in [5, 5.41) is 11.8. The van der Waals surface area contributed by atoms with Gasteiger partial charge in [-0.15, -0.1) is 0 Å². The molecule has 0 spiro atoms. The molecule has 1 heterocycles. The lowest BCUT2D eigenvalue weighted by atomic mass is 10.2. The fraction of sp³-hybridized carbons (Fsp3) is 0.286. The van der Waals surface area contributed by atoms with Crippen molar-refractivity contribution in [2.24, 2.45) is 0 Å². The van der Waals surface area contributed by atoms with Crippen molar-refractivity contribution >= 4 is 28.4 Å². The number of aliphatic hydroxyl groups is 1. The van der Waals surface area contributed by atoms with Crippen molar-refractivity contribution in [3.05, 3.63) is 36.5 Å². The predicted octanol–water partition coefficient (Wildman–Crippen LogP) is 1.78. The number of hydrogen-bond donors (Lipinski definition) is 1. The van der Waals surface area contributed by atoms with Crippen LogP contribution in [0.15, 0.2) is 41.6 Å². The second-order valence-electron chi connectivity index (χ2n) is 4.16. The van der Waals surface area contributed by atoms with E-state index in [1.54, 1.807) is 13.2 Å². The number of amides is 1. The quantitative estimate of drug-likeness (QED) is 0.846. The van der Waals surface area contributed by atoms with Crippen molar-refractivity contribution in [3.63, 3.8) is 0 Å². The summed E-state index contributed by atoms with van der Waals surface area (Å²) >= 11 is 1.43. The summed E-state index contributed by atoms with van der Waals surface area (Å²) in [5.74, 6) is 0.325. The molecule has 2 rings (SSSR count). The van der Waals surface area contributed by atoms with Crippen LogP contribution in [-0.4, -0.2) is 46.8 Å². The minimum atomic E-state index is -0.0145. The lowest BCUT2D eigenvalue weighted by molar-refractivity contribution is -0.127. The lowest BCUT2D eigenvalue weighted by Gasteiger charge is -2.15. The topological polar surface area (TPSA) is 53.4 Å². The molecule has 0 unspecified atom stereocenters. The van der Waals surface area contributed by atoms with E-state index in [0.717, 1.165) is 15.8 Å². The Balaban J connectivity index is 2.08. The van der Waals surface area contributed by atoms with E-state index in [9.17, 15) is 4.79 Å². The highest BCUT2D eigenvalue weighted by atomic mass is 32.2. The molecule has 100 valence electrons. The Morgan fingerprint density at radius 3 is 2.95 bits per heavy atom. The zero-order valence-electron chi connectivity index (χ0n) is 10.7. The summed E-state index contributed by atoms with van der Waals surface area (Å²) in [6.07, 6.45) is 1.76. The average molecular weight is 276 g/mol. The molecule has 0 aliphatic carbocycles. The molecule has 0 saturated carbocycles. The van der Waals surface area contributed by atoms with E-state index >= 15 is 0 Å². The molecule has 5 heteroatoms. The number of aliphatic hydroxyl groups excluding tert-OH is 1. The van der Waals surface area contributed by atoms with Gasteiger partial charge in [-0.05, 0) is 11.5 Å². The Morgan fingerprint density at radius 1 is 1.37 bits per heavy atom. The highest BCUT2D eigenvalue weighted by molar-refractivity contribution is 8.00. The largest absolute Gasteiger partial charge is 0.395 e.